The van der Waals surface area contributed by atoms with Crippen molar-refractivity contribution in [3.8, 4) is 0 Å². The van der Waals surface area contributed by atoms with E-state index in [0.29, 0.717) is 17.7 Å². The molecule has 0 heterocycles. The fourth-order valence-electron chi connectivity index (χ4n) is 1.35. The molecule has 0 aliphatic heterocycles. The van der Waals surface area contributed by atoms with Crippen molar-refractivity contribution < 1.29 is 0 Å². The second kappa shape index (κ2) is 4.51. The highest BCUT2D eigenvalue weighted by Crippen LogP contribution is 2.24. The van der Waals surface area contributed by atoms with E-state index in [1.54, 1.807) is 0 Å². The summed E-state index contributed by atoms with van der Waals surface area (Å²) in [4.78, 5) is 0. The van der Waals surface area contributed by atoms with Crippen LogP contribution in [-0.2, 0) is 0 Å². The van der Waals surface area contributed by atoms with E-state index in [4.69, 9.17) is 11.6 Å². The Morgan fingerprint density at radius 2 is 1.75 bits per heavy atom. The molecule has 0 aromatic heterocycles. The van der Waals surface area contributed by atoms with Crippen LogP contribution in [0.4, 0.5) is 0 Å². The Hall–Kier alpha value is -0.490. The van der Waals surface area contributed by atoms with Crippen molar-refractivity contribution in [1.82, 2.24) is 0 Å². The van der Waals surface area contributed by atoms with Crippen molar-refractivity contribution in [2.45, 2.75) is 19.8 Å². The molecule has 1 aromatic rings. The van der Waals surface area contributed by atoms with Crippen LogP contribution in [0.15, 0.2) is 30.3 Å². The van der Waals surface area contributed by atoms with Crippen molar-refractivity contribution in [1.29, 1.82) is 0 Å². The molecule has 0 bridgehead atoms. The summed E-state index contributed by atoms with van der Waals surface area (Å²) in [6.07, 6.45) is 0. The zero-order valence-electron chi connectivity index (χ0n) is 7.63. The average Bonchev–Trinajstić information content (AvgIpc) is 2.07. The molecule has 0 N–H and O–H groups in total. The van der Waals surface area contributed by atoms with E-state index in [9.17, 15) is 0 Å². The lowest BCUT2D eigenvalue weighted by Crippen LogP contribution is -2.07. The van der Waals surface area contributed by atoms with Gasteiger partial charge in [-0.05, 0) is 17.4 Å². The van der Waals surface area contributed by atoms with Crippen LogP contribution in [0.3, 0.4) is 0 Å². The summed E-state index contributed by atoms with van der Waals surface area (Å²) in [5, 5.41) is 0. The maximum Gasteiger partial charge on any atom is 0.0294 e. The fraction of sp³-hybridized carbons (Fsp3) is 0.455. The smallest absolute Gasteiger partial charge is 0.0294 e. The Bertz CT molecular complexity index is 216. The van der Waals surface area contributed by atoms with Crippen molar-refractivity contribution in [2.75, 3.05) is 5.88 Å². The molecule has 12 heavy (non-hydrogen) atoms. The van der Waals surface area contributed by atoms with Gasteiger partial charge in [-0.15, -0.1) is 11.6 Å². The lowest BCUT2D eigenvalue weighted by molar-refractivity contribution is 0.539. The largest absolute Gasteiger partial charge is 0.126 e. The molecule has 0 saturated carbocycles. The van der Waals surface area contributed by atoms with Crippen LogP contribution in [0.1, 0.15) is 25.3 Å². The lowest BCUT2D eigenvalue weighted by atomic mass is 9.90. The highest BCUT2D eigenvalue weighted by atomic mass is 35.5. The molecule has 0 aliphatic rings. The Balaban J connectivity index is 2.80. The number of alkyl halides is 1. The first-order valence-electron chi connectivity index (χ1n) is 4.36. The molecule has 0 nitrogen and oxygen atoms in total. The number of rotatable bonds is 3. The van der Waals surface area contributed by atoms with E-state index in [1.165, 1.54) is 5.56 Å². The van der Waals surface area contributed by atoms with E-state index < -0.39 is 0 Å². The van der Waals surface area contributed by atoms with Gasteiger partial charge in [-0.2, -0.15) is 0 Å². The molecule has 0 saturated heterocycles. The molecular formula is C11H15Cl. The predicted octanol–water partition coefficient (Wildman–Crippen LogP) is 3.67. The molecule has 66 valence electrons. The van der Waals surface area contributed by atoms with Gasteiger partial charge in [-0.25, -0.2) is 0 Å². The summed E-state index contributed by atoms with van der Waals surface area (Å²) in [7, 11) is 0. The van der Waals surface area contributed by atoms with E-state index in [0.717, 1.165) is 0 Å². The van der Waals surface area contributed by atoms with E-state index in [1.807, 2.05) is 6.07 Å². The van der Waals surface area contributed by atoms with Crippen LogP contribution in [-0.4, -0.2) is 5.88 Å². The molecule has 0 amide bonds. The second-order valence-electron chi connectivity index (χ2n) is 3.42. The highest BCUT2D eigenvalue weighted by Gasteiger charge is 2.13. The average molecular weight is 183 g/mol. The van der Waals surface area contributed by atoms with E-state index in [2.05, 4.69) is 38.1 Å². The topological polar surface area (TPSA) is 0 Å². The zero-order valence-corrected chi connectivity index (χ0v) is 8.38. The fourth-order valence-corrected chi connectivity index (χ4v) is 1.89. The van der Waals surface area contributed by atoms with Crippen LogP contribution in [0.2, 0.25) is 0 Å². The molecule has 0 spiro atoms. The molecule has 0 fully saturated rings. The van der Waals surface area contributed by atoms with Crippen molar-refractivity contribution in [3.05, 3.63) is 35.9 Å². The molecule has 1 rings (SSSR count). The van der Waals surface area contributed by atoms with Crippen LogP contribution >= 0.6 is 11.6 Å². The van der Waals surface area contributed by atoms with Gasteiger partial charge in [-0.1, -0.05) is 44.2 Å². The molecular weight excluding hydrogens is 168 g/mol. The minimum atomic E-state index is 0.493. The maximum atomic E-state index is 5.90. The van der Waals surface area contributed by atoms with Gasteiger partial charge in [0, 0.05) is 5.88 Å². The van der Waals surface area contributed by atoms with Gasteiger partial charge in [0.1, 0.15) is 0 Å². The summed E-state index contributed by atoms with van der Waals surface area (Å²) in [5.41, 5.74) is 1.35. The number of halogens is 1. The third kappa shape index (κ3) is 2.25. The summed E-state index contributed by atoms with van der Waals surface area (Å²) in [5.74, 6) is 1.82. The van der Waals surface area contributed by atoms with Gasteiger partial charge in [0.2, 0.25) is 0 Å². The summed E-state index contributed by atoms with van der Waals surface area (Å²) >= 11 is 5.90. The molecule has 1 heteroatoms. The Labute approximate surface area is 79.6 Å². The van der Waals surface area contributed by atoms with Gasteiger partial charge in [0.05, 0.1) is 0 Å². The second-order valence-corrected chi connectivity index (χ2v) is 3.72. The Kier molecular flexibility index (Phi) is 3.61. The molecule has 0 aliphatic carbocycles. The maximum absolute atomic E-state index is 5.90. The Morgan fingerprint density at radius 1 is 1.17 bits per heavy atom. The van der Waals surface area contributed by atoms with Crippen LogP contribution in [0.25, 0.3) is 0 Å². The SMILES string of the molecule is CC(C)C(CCl)c1ccccc1. The van der Waals surface area contributed by atoms with Crippen molar-refractivity contribution >= 4 is 11.6 Å². The molecule has 1 unspecified atom stereocenters. The van der Waals surface area contributed by atoms with E-state index >= 15 is 0 Å². The van der Waals surface area contributed by atoms with Crippen LogP contribution < -0.4 is 0 Å². The third-order valence-electron chi connectivity index (χ3n) is 2.20. The van der Waals surface area contributed by atoms with Crippen molar-refractivity contribution in [3.63, 3.8) is 0 Å². The summed E-state index contributed by atoms with van der Waals surface area (Å²) < 4.78 is 0. The van der Waals surface area contributed by atoms with Crippen molar-refractivity contribution in [2.24, 2.45) is 5.92 Å². The monoisotopic (exact) mass is 182 g/mol. The molecule has 1 aromatic carbocycles. The highest BCUT2D eigenvalue weighted by molar-refractivity contribution is 6.18. The van der Waals surface area contributed by atoms with Gasteiger partial charge in [0.15, 0.2) is 0 Å². The minimum Gasteiger partial charge on any atom is -0.126 e. The van der Waals surface area contributed by atoms with Gasteiger partial charge >= 0.3 is 0 Å². The molecule has 0 radical (unpaired) electrons. The first-order valence-corrected chi connectivity index (χ1v) is 4.90. The number of hydrogen-bond donors (Lipinski definition) is 0. The van der Waals surface area contributed by atoms with Crippen LogP contribution in [0.5, 0.6) is 0 Å². The molecule has 1 atom stereocenters. The van der Waals surface area contributed by atoms with Gasteiger partial charge in [-0.3, -0.25) is 0 Å². The predicted molar refractivity (Wildman–Crippen MR) is 54.7 cm³/mol. The summed E-state index contributed by atoms with van der Waals surface area (Å²) in [6, 6.07) is 10.5. The minimum absolute atomic E-state index is 0.493. The number of benzene rings is 1. The standard InChI is InChI=1S/C11H15Cl/c1-9(2)11(8-12)10-6-4-3-5-7-10/h3-7,9,11H,8H2,1-2H3. The normalized spacial score (nSPS) is 13.3. The van der Waals surface area contributed by atoms with E-state index in [-0.39, 0.29) is 0 Å². The third-order valence-corrected chi connectivity index (χ3v) is 2.53. The first-order chi connectivity index (χ1) is 5.75. The number of hydrogen-bond acceptors (Lipinski definition) is 0. The Morgan fingerprint density at radius 3 is 2.17 bits per heavy atom. The lowest BCUT2D eigenvalue weighted by Gasteiger charge is -2.17. The summed E-state index contributed by atoms with van der Waals surface area (Å²) in [6.45, 7) is 4.42. The van der Waals surface area contributed by atoms with Gasteiger partial charge < -0.3 is 0 Å². The zero-order chi connectivity index (χ0) is 8.97. The van der Waals surface area contributed by atoms with Crippen LogP contribution in [0, 0.1) is 5.92 Å². The first kappa shape index (κ1) is 9.60. The quantitative estimate of drug-likeness (QED) is 0.626. The van der Waals surface area contributed by atoms with Gasteiger partial charge in [0.25, 0.3) is 0 Å².